The number of hydrogen-bond acceptors (Lipinski definition) is 6. The standard InChI is InChI=1S/C20H18Cl2N4O2S/c21-13-7-8-17(26-9-3-4-10-26)16(11-13)23-18(27)12-29-20-25-24-19(28-20)14-5-1-2-6-15(14)22/h1-2,5-8,11H,3-4,9-10,12H2,(H,23,27). The van der Waals surface area contributed by atoms with Gasteiger partial charge < -0.3 is 14.6 Å². The molecule has 1 fully saturated rings. The van der Waals surface area contributed by atoms with E-state index < -0.39 is 0 Å². The largest absolute Gasteiger partial charge is 0.411 e. The van der Waals surface area contributed by atoms with Crippen LogP contribution < -0.4 is 10.2 Å². The van der Waals surface area contributed by atoms with Gasteiger partial charge in [0.1, 0.15) is 0 Å². The summed E-state index contributed by atoms with van der Waals surface area (Å²) in [6.45, 7) is 1.96. The van der Waals surface area contributed by atoms with Crippen LogP contribution in [-0.2, 0) is 4.79 Å². The lowest BCUT2D eigenvalue weighted by Crippen LogP contribution is -2.21. The molecule has 1 aromatic heterocycles. The molecular weight excluding hydrogens is 431 g/mol. The van der Waals surface area contributed by atoms with E-state index in [-0.39, 0.29) is 11.7 Å². The molecule has 0 unspecified atom stereocenters. The molecule has 6 nitrogen and oxygen atoms in total. The summed E-state index contributed by atoms with van der Waals surface area (Å²) in [5.41, 5.74) is 2.36. The summed E-state index contributed by atoms with van der Waals surface area (Å²) in [5.74, 6) is 0.288. The van der Waals surface area contributed by atoms with Crippen LogP contribution in [0.4, 0.5) is 11.4 Å². The van der Waals surface area contributed by atoms with Crippen LogP contribution >= 0.6 is 35.0 Å². The van der Waals surface area contributed by atoms with E-state index in [1.165, 1.54) is 11.8 Å². The first-order chi connectivity index (χ1) is 14.1. The molecule has 0 spiro atoms. The molecule has 0 bridgehead atoms. The number of rotatable bonds is 6. The van der Waals surface area contributed by atoms with Crippen LogP contribution in [0.15, 0.2) is 52.1 Å². The molecule has 1 amide bonds. The number of benzene rings is 2. The van der Waals surface area contributed by atoms with Gasteiger partial charge in [0.25, 0.3) is 5.22 Å². The molecule has 2 aromatic carbocycles. The zero-order chi connectivity index (χ0) is 20.2. The molecule has 150 valence electrons. The third kappa shape index (κ3) is 4.86. The highest BCUT2D eigenvalue weighted by Gasteiger charge is 2.18. The second kappa shape index (κ2) is 9.07. The van der Waals surface area contributed by atoms with Gasteiger partial charge in [0.15, 0.2) is 0 Å². The first kappa shape index (κ1) is 20.1. The summed E-state index contributed by atoms with van der Waals surface area (Å²) in [7, 11) is 0. The van der Waals surface area contributed by atoms with Crippen molar-refractivity contribution in [1.82, 2.24) is 10.2 Å². The van der Waals surface area contributed by atoms with E-state index in [0.29, 0.717) is 32.4 Å². The van der Waals surface area contributed by atoms with E-state index in [9.17, 15) is 4.79 Å². The number of anilines is 2. The normalized spacial score (nSPS) is 13.7. The van der Waals surface area contributed by atoms with Crippen molar-refractivity contribution in [2.75, 3.05) is 29.1 Å². The van der Waals surface area contributed by atoms with E-state index in [1.54, 1.807) is 18.2 Å². The number of thioether (sulfide) groups is 1. The van der Waals surface area contributed by atoms with Gasteiger partial charge in [0, 0.05) is 18.1 Å². The average Bonchev–Trinajstić information content (AvgIpc) is 3.39. The Morgan fingerprint density at radius 1 is 1.14 bits per heavy atom. The third-order valence-electron chi connectivity index (χ3n) is 4.52. The lowest BCUT2D eigenvalue weighted by Gasteiger charge is -2.21. The van der Waals surface area contributed by atoms with E-state index in [4.69, 9.17) is 27.6 Å². The molecule has 0 saturated carbocycles. The molecule has 1 saturated heterocycles. The van der Waals surface area contributed by atoms with Gasteiger partial charge in [-0.1, -0.05) is 47.1 Å². The minimum absolute atomic E-state index is 0.135. The molecule has 0 radical (unpaired) electrons. The van der Waals surface area contributed by atoms with Crippen LogP contribution in [0.3, 0.4) is 0 Å². The molecule has 1 aliphatic rings. The summed E-state index contributed by atoms with van der Waals surface area (Å²) in [6, 6.07) is 12.8. The highest BCUT2D eigenvalue weighted by molar-refractivity contribution is 7.99. The van der Waals surface area contributed by atoms with Crippen molar-refractivity contribution >= 4 is 52.2 Å². The Bertz CT molecular complexity index is 1020. The highest BCUT2D eigenvalue weighted by Crippen LogP contribution is 2.32. The molecule has 4 rings (SSSR count). The van der Waals surface area contributed by atoms with Gasteiger partial charge in [-0.05, 0) is 43.2 Å². The van der Waals surface area contributed by atoms with Gasteiger partial charge in [-0.2, -0.15) is 0 Å². The maximum Gasteiger partial charge on any atom is 0.277 e. The number of nitrogens with zero attached hydrogens (tertiary/aromatic N) is 3. The Morgan fingerprint density at radius 2 is 1.93 bits per heavy atom. The Morgan fingerprint density at radius 3 is 2.72 bits per heavy atom. The predicted octanol–water partition coefficient (Wildman–Crippen LogP) is 5.37. The fourth-order valence-electron chi connectivity index (χ4n) is 3.17. The summed E-state index contributed by atoms with van der Waals surface area (Å²) < 4.78 is 5.62. The number of nitrogens with one attached hydrogen (secondary N) is 1. The molecule has 0 aliphatic carbocycles. The molecule has 9 heteroatoms. The molecular formula is C20H18Cl2N4O2S. The van der Waals surface area contributed by atoms with Crippen LogP contribution in [0, 0.1) is 0 Å². The number of hydrogen-bond donors (Lipinski definition) is 1. The lowest BCUT2D eigenvalue weighted by atomic mass is 10.2. The van der Waals surface area contributed by atoms with Gasteiger partial charge >= 0.3 is 0 Å². The van der Waals surface area contributed by atoms with Crippen molar-refractivity contribution in [3.05, 3.63) is 52.5 Å². The SMILES string of the molecule is O=C(CSc1nnc(-c2ccccc2Cl)o1)Nc1cc(Cl)ccc1N1CCCC1. The lowest BCUT2D eigenvalue weighted by molar-refractivity contribution is -0.113. The number of carbonyl (C=O) groups is 1. The highest BCUT2D eigenvalue weighted by atomic mass is 35.5. The molecule has 3 aromatic rings. The molecule has 1 aliphatic heterocycles. The van der Waals surface area contributed by atoms with Gasteiger partial charge in [-0.15, -0.1) is 10.2 Å². The Kier molecular flexibility index (Phi) is 6.28. The summed E-state index contributed by atoms with van der Waals surface area (Å²) in [6.07, 6.45) is 2.30. The fourth-order valence-corrected chi connectivity index (χ4v) is 4.12. The third-order valence-corrected chi connectivity index (χ3v) is 5.90. The van der Waals surface area contributed by atoms with Crippen LogP contribution in [0.5, 0.6) is 0 Å². The fraction of sp³-hybridized carbons (Fsp3) is 0.250. The topological polar surface area (TPSA) is 71.3 Å². The summed E-state index contributed by atoms with van der Waals surface area (Å²) in [4.78, 5) is 14.7. The van der Waals surface area contributed by atoms with E-state index >= 15 is 0 Å². The molecule has 1 N–H and O–H groups in total. The van der Waals surface area contributed by atoms with Crippen molar-refractivity contribution in [1.29, 1.82) is 0 Å². The zero-order valence-corrected chi connectivity index (χ0v) is 17.7. The van der Waals surface area contributed by atoms with Crippen LogP contribution in [-0.4, -0.2) is 34.9 Å². The van der Waals surface area contributed by atoms with Crippen LogP contribution in [0.1, 0.15) is 12.8 Å². The number of halogens is 2. The van der Waals surface area contributed by atoms with Gasteiger partial charge in [-0.3, -0.25) is 4.79 Å². The van der Waals surface area contributed by atoms with Crippen molar-refractivity contribution < 1.29 is 9.21 Å². The van der Waals surface area contributed by atoms with E-state index in [2.05, 4.69) is 20.4 Å². The first-order valence-corrected chi connectivity index (χ1v) is 10.9. The van der Waals surface area contributed by atoms with Crippen molar-refractivity contribution in [2.45, 2.75) is 18.1 Å². The Hall–Kier alpha value is -2.22. The first-order valence-electron chi connectivity index (χ1n) is 9.16. The zero-order valence-electron chi connectivity index (χ0n) is 15.4. The second-order valence-corrected chi connectivity index (χ2v) is 8.32. The number of carbonyl (C=O) groups excluding carboxylic acids is 1. The average molecular weight is 449 g/mol. The monoisotopic (exact) mass is 448 g/mol. The van der Waals surface area contributed by atoms with Crippen molar-refractivity contribution in [2.24, 2.45) is 0 Å². The van der Waals surface area contributed by atoms with Crippen LogP contribution in [0.25, 0.3) is 11.5 Å². The van der Waals surface area contributed by atoms with Gasteiger partial charge in [0.2, 0.25) is 11.8 Å². The minimum Gasteiger partial charge on any atom is -0.411 e. The number of aromatic nitrogens is 2. The Balaban J connectivity index is 1.40. The van der Waals surface area contributed by atoms with Crippen molar-refractivity contribution in [3.8, 4) is 11.5 Å². The van der Waals surface area contributed by atoms with Gasteiger partial charge in [-0.25, -0.2) is 0 Å². The maximum absolute atomic E-state index is 12.5. The van der Waals surface area contributed by atoms with Crippen molar-refractivity contribution in [3.63, 3.8) is 0 Å². The molecule has 2 heterocycles. The minimum atomic E-state index is -0.171. The van der Waals surface area contributed by atoms with Gasteiger partial charge in [0.05, 0.1) is 27.7 Å². The predicted molar refractivity (Wildman–Crippen MR) is 117 cm³/mol. The van der Waals surface area contributed by atoms with Crippen LogP contribution in [0.2, 0.25) is 10.0 Å². The Labute approximate surface area is 182 Å². The molecule has 29 heavy (non-hydrogen) atoms. The van der Waals surface area contributed by atoms with E-state index in [1.807, 2.05) is 24.3 Å². The number of amides is 1. The molecule has 0 atom stereocenters. The second-order valence-electron chi connectivity index (χ2n) is 6.55. The summed E-state index contributed by atoms with van der Waals surface area (Å²) >= 11 is 13.5. The summed E-state index contributed by atoms with van der Waals surface area (Å²) in [5, 5.41) is 12.4. The maximum atomic E-state index is 12.5. The smallest absolute Gasteiger partial charge is 0.277 e. The van der Waals surface area contributed by atoms with E-state index in [0.717, 1.165) is 31.6 Å². The quantitative estimate of drug-likeness (QED) is 0.510.